The molecule has 2 nitrogen and oxygen atoms in total. The van der Waals surface area contributed by atoms with Gasteiger partial charge >= 0.3 is 0 Å². The highest BCUT2D eigenvalue weighted by atomic mass is 16.5. The molecule has 0 spiro atoms. The smallest absolute Gasteiger partial charge is 0.0475 e. The Labute approximate surface area is 123 Å². The van der Waals surface area contributed by atoms with E-state index in [0.29, 0.717) is 6.04 Å². The molecule has 1 saturated heterocycles. The van der Waals surface area contributed by atoms with Crippen molar-refractivity contribution in [2.75, 3.05) is 20.3 Å². The summed E-state index contributed by atoms with van der Waals surface area (Å²) in [7, 11) is 2.12. The van der Waals surface area contributed by atoms with Crippen molar-refractivity contribution in [3.05, 3.63) is 35.9 Å². The summed E-state index contributed by atoms with van der Waals surface area (Å²) in [5.74, 6) is 0.763. The minimum atomic E-state index is 0.239. The lowest BCUT2D eigenvalue weighted by molar-refractivity contribution is 0.0333. The topological polar surface area (TPSA) is 21.3 Å². The first-order valence-electron chi connectivity index (χ1n) is 7.99. The van der Waals surface area contributed by atoms with Gasteiger partial charge in [0.2, 0.25) is 0 Å². The van der Waals surface area contributed by atoms with E-state index in [4.69, 9.17) is 4.74 Å². The van der Waals surface area contributed by atoms with Gasteiger partial charge in [0.05, 0.1) is 0 Å². The Balaban J connectivity index is 2.25. The third kappa shape index (κ3) is 3.42. The van der Waals surface area contributed by atoms with E-state index in [-0.39, 0.29) is 5.41 Å². The molecule has 1 unspecified atom stereocenters. The van der Waals surface area contributed by atoms with Gasteiger partial charge in [-0.2, -0.15) is 0 Å². The fraction of sp³-hybridized carbons (Fsp3) is 0.667. The summed E-state index contributed by atoms with van der Waals surface area (Å²) < 4.78 is 5.64. The van der Waals surface area contributed by atoms with Crippen molar-refractivity contribution in [3.8, 4) is 0 Å². The number of rotatable bonds is 6. The van der Waals surface area contributed by atoms with E-state index in [1.54, 1.807) is 0 Å². The van der Waals surface area contributed by atoms with Crippen molar-refractivity contribution < 1.29 is 4.74 Å². The standard InChI is InChI=1S/C18H29NO/c1-15(2)9-10-17(19-3)18(11-13-20-14-12-18)16-7-5-4-6-8-16/h4-8,15,17,19H,9-14H2,1-3H3. The van der Waals surface area contributed by atoms with Gasteiger partial charge < -0.3 is 10.1 Å². The number of hydrogen-bond acceptors (Lipinski definition) is 2. The first-order valence-corrected chi connectivity index (χ1v) is 7.99. The van der Waals surface area contributed by atoms with Crippen LogP contribution in [0.4, 0.5) is 0 Å². The van der Waals surface area contributed by atoms with E-state index < -0.39 is 0 Å². The predicted molar refractivity (Wildman–Crippen MR) is 85.1 cm³/mol. The number of ether oxygens (including phenoxy) is 1. The Kier molecular flexibility index (Phi) is 5.62. The van der Waals surface area contributed by atoms with Crippen LogP contribution in [0.5, 0.6) is 0 Å². The van der Waals surface area contributed by atoms with Crippen LogP contribution in [0.3, 0.4) is 0 Å². The molecular weight excluding hydrogens is 246 g/mol. The van der Waals surface area contributed by atoms with Gasteiger partial charge in [0.1, 0.15) is 0 Å². The van der Waals surface area contributed by atoms with Crippen molar-refractivity contribution in [2.45, 2.75) is 51.0 Å². The third-order valence-electron chi connectivity index (χ3n) is 4.78. The normalized spacial score (nSPS) is 20.0. The molecule has 0 amide bonds. The summed E-state index contributed by atoms with van der Waals surface area (Å²) in [5, 5.41) is 3.61. The van der Waals surface area contributed by atoms with Crippen LogP contribution in [0, 0.1) is 5.92 Å². The molecule has 0 aromatic heterocycles. The molecule has 1 heterocycles. The van der Waals surface area contributed by atoms with E-state index in [9.17, 15) is 0 Å². The zero-order valence-electron chi connectivity index (χ0n) is 13.2. The fourth-order valence-electron chi connectivity index (χ4n) is 3.54. The Hall–Kier alpha value is -0.860. The van der Waals surface area contributed by atoms with E-state index in [0.717, 1.165) is 32.0 Å². The van der Waals surface area contributed by atoms with Gasteiger partial charge in [-0.05, 0) is 44.2 Å². The SMILES string of the molecule is CNC(CCC(C)C)C1(c2ccccc2)CCOCC1. The van der Waals surface area contributed by atoms with Crippen molar-refractivity contribution in [1.82, 2.24) is 5.32 Å². The average Bonchev–Trinajstić information content (AvgIpc) is 2.49. The van der Waals surface area contributed by atoms with Crippen LogP contribution < -0.4 is 5.32 Å². The van der Waals surface area contributed by atoms with Crippen LogP contribution in [-0.4, -0.2) is 26.3 Å². The lowest BCUT2D eigenvalue weighted by Crippen LogP contribution is -2.50. The van der Waals surface area contributed by atoms with Gasteiger partial charge in [-0.1, -0.05) is 44.2 Å². The van der Waals surface area contributed by atoms with Crippen LogP contribution in [0.15, 0.2) is 30.3 Å². The van der Waals surface area contributed by atoms with Gasteiger partial charge in [0.15, 0.2) is 0 Å². The molecule has 0 bridgehead atoms. The molecule has 1 atom stereocenters. The van der Waals surface area contributed by atoms with E-state index >= 15 is 0 Å². The third-order valence-corrected chi connectivity index (χ3v) is 4.78. The second kappa shape index (κ2) is 7.24. The monoisotopic (exact) mass is 275 g/mol. The van der Waals surface area contributed by atoms with Gasteiger partial charge in [-0.3, -0.25) is 0 Å². The molecule has 1 aliphatic heterocycles. The molecule has 2 heteroatoms. The van der Waals surface area contributed by atoms with Crippen molar-refractivity contribution in [3.63, 3.8) is 0 Å². The molecule has 112 valence electrons. The maximum atomic E-state index is 5.64. The first-order chi connectivity index (χ1) is 9.69. The largest absolute Gasteiger partial charge is 0.381 e. The van der Waals surface area contributed by atoms with Crippen LogP contribution in [-0.2, 0) is 10.2 Å². The van der Waals surface area contributed by atoms with Gasteiger partial charge in [-0.15, -0.1) is 0 Å². The summed E-state index contributed by atoms with van der Waals surface area (Å²) in [5.41, 5.74) is 1.72. The van der Waals surface area contributed by atoms with Crippen LogP contribution >= 0.6 is 0 Å². The summed E-state index contributed by atoms with van der Waals surface area (Å²) in [6.45, 7) is 6.39. The van der Waals surface area contributed by atoms with Gasteiger partial charge in [0.25, 0.3) is 0 Å². The van der Waals surface area contributed by atoms with E-state index in [1.807, 2.05) is 0 Å². The number of likely N-dealkylation sites (N-methyl/N-ethyl adjacent to an activating group) is 1. The maximum absolute atomic E-state index is 5.64. The van der Waals surface area contributed by atoms with Crippen LogP contribution in [0.1, 0.15) is 45.1 Å². The second-order valence-corrected chi connectivity index (χ2v) is 6.45. The molecule has 1 fully saturated rings. The molecule has 1 aromatic carbocycles. The minimum absolute atomic E-state index is 0.239. The Morgan fingerprint density at radius 2 is 1.75 bits per heavy atom. The highest BCUT2D eigenvalue weighted by molar-refractivity contribution is 5.28. The molecular formula is C18H29NO. The Morgan fingerprint density at radius 3 is 2.30 bits per heavy atom. The quantitative estimate of drug-likeness (QED) is 0.853. The highest BCUT2D eigenvalue weighted by Gasteiger charge is 2.40. The lowest BCUT2D eigenvalue weighted by Gasteiger charge is -2.44. The second-order valence-electron chi connectivity index (χ2n) is 6.45. The zero-order chi connectivity index (χ0) is 14.4. The molecule has 2 rings (SSSR count). The summed E-state index contributed by atoms with van der Waals surface area (Å²) in [6, 6.07) is 11.6. The summed E-state index contributed by atoms with van der Waals surface area (Å²) >= 11 is 0. The Bertz CT molecular complexity index is 382. The molecule has 1 aromatic rings. The number of nitrogens with one attached hydrogen (secondary N) is 1. The molecule has 1 N–H and O–H groups in total. The fourth-order valence-corrected chi connectivity index (χ4v) is 3.54. The summed E-state index contributed by atoms with van der Waals surface area (Å²) in [4.78, 5) is 0. The molecule has 20 heavy (non-hydrogen) atoms. The van der Waals surface area contributed by atoms with Gasteiger partial charge in [0, 0.05) is 24.7 Å². The molecule has 0 aliphatic carbocycles. The van der Waals surface area contributed by atoms with Crippen molar-refractivity contribution in [1.29, 1.82) is 0 Å². The minimum Gasteiger partial charge on any atom is -0.381 e. The van der Waals surface area contributed by atoms with Crippen LogP contribution in [0.25, 0.3) is 0 Å². The highest BCUT2D eigenvalue weighted by Crippen LogP contribution is 2.39. The number of hydrogen-bond donors (Lipinski definition) is 1. The van der Waals surface area contributed by atoms with Gasteiger partial charge in [-0.25, -0.2) is 0 Å². The van der Waals surface area contributed by atoms with Crippen molar-refractivity contribution >= 4 is 0 Å². The maximum Gasteiger partial charge on any atom is 0.0475 e. The predicted octanol–water partition coefficient (Wildman–Crippen LogP) is 3.76. The molecule has 1 aliphatic rings. The zero-order valence-corrected chi connectivity index (χ0v) is 13.2. The van der Waals surface area contributed by atoms with Crippen molar-refractivity contribution in [2.24, 2.45) is 5.92 Å². The van der Waals surface area contributed by atoms with Crippen LogP contribution in [0.2, 0.25) is 0 Å². The van der Waals surface area contributed by atoms with E-state index in [1.165, 1.54) is 18.4 Å². The Morgan fingerprint density at radius 1 is 1.10 bits per heavy atom. The average molecular weight is 275 g/mol. The van der Waals surface area contributed by atoms with E-state index in [2.05, 4.69) is 56.5 Å². The molecule has 0 saturated carbocycles. The lowest BCUT2D eigenvalue weighted by atomic mass is 9.67. The number of benzene rings is 1. The molecule has 0 radical (unpaired) electrons. The summed E-state index contributed by atoms with van der Waals surface area (Å²) in [6.07, 6.45) is 4.77. The first kappa shape index (κ1) is 15.5.